The zero-order valence-corrected chi connectivity index (χ0v) is 12.6. The largest absolute Gasteiger partial charge is 0.368 e. The Bertz CT molecular complexity index is 356. The van der Waals surface area contributed by atoms with Gasteiger partial charge in [-0.2, -0.15) is 0 Å². The lowest BCUT2D eigenvalue weighted by Crippen LogP contribution is -2.36. The number of pyridine rings is 1. The van der Waals surface area contributed by atoms with Crippen LogP contribution in [0, 0.1) is 5.92 Å². The topological polar surface area (TPSA) is 50.9 Å². The van der Waals surface area contributed by atoms with E-state index in [2.05, 4.69) is 40.1 Å². The molecule has 1 rings (SSSR count). The SMILES string of the molecule is CCC(CC)C(N)CNc1ncc(Cl)cc1Br. The molecule has 5 heteroatoms. The van der Waals surface area contributed by atoms with Crippen molar-refractivity contribution >= 4 is 33.3 Å². The normalized spacial score (nSPS) is 12.8. The number of halogens is 2. The first-order chi connectivity index (χ1) is 8.08. The van der Waals surface area contributed by atoms with Crippen molar-refractivity contribution in [1.82, 2.24) is 4.98 Å². The van der Waals surface area contributed by atoms with Crippen molar-refractivity contribution in [2.75, 3.05) is 11.9 Å². The highest BCUT2D eigenvalue weighted by atomic mass is 79.9. The highest BCUT2D eigenvalue weighted by molar-refractivity contribution is 9.10. The van der Waals surface area contributed by atoms with E-state index in [9.17, 15) is 0 Å². The third kappa shape index (κ3) is 4.45. The minimum atomic E-state index is 0.148. The minimum Gasteiger partial charge on any atom is -0.368 e. The monoisotopic (exact) mass is 319 g/mol. The molecule has 0 saturated heterocycles. The maximum absolute atomic E-state index is 6.14. The number of aromatic nitrogens is 1. The summed E-state index contributed by atoms with van der Waals surface area (Å²) in [6.45, 7) is 5.06. The van der Waals surface area contributed by atoms with Crippen LogP contribution in [0.4, 0.5) is 5.82 Å². The first kappa shape index (κ1) is 14.7. The summed E-state index contributed by atoms with van der Waals surface area (Å²) in [5.74, 6) is 1.34. The molecule has 3 N–H and O–H groups in total. The van der Waals surface area contributed by atoms with Gasteiger partial charge in [0.15, 0.2) is 0 Å². The zero-order valence-electron chi connectivity index (χ0n) is 10.2. The Morgan fingerprint density at radius 3 is 2.65 bits per heavy atom. The van der Waals surface area contributed by atoms with Crippen LogP contribution in [-0.2, 0) is 0 Å². The minimum absolute atomic E-state index is 0.148. The summed E-state index contributed by atoms with van der Waals surface area (Å²) in [7, 11) is 0. The average Bonchev–Trinajstić information content (AvgIpc) is 2.29. The molecule has 1 aromatic heterocycles. The number of anilines is 1. The molecule has 0 aromatic carbocycles. The summed E-state index contributed by atoms with van der Waals surface area (Å²) in [6.07, 6.45) is 3.83. The van der Waals surface area contributed by atoms with E-state index in [4.69, 9.17) is 17.3 Å². The number of hydrogen-bond acceptors (Lipinski definition) is 3. The summed E-state index contributed by atoms with van der Waals surface area (Å²) in [6, 6.07) is 1.97. The van der Waals surface area contributed by atoms with Crippen molar-refractivity contribution in [3.8, 4) is 0 Å². The summed E-state index contributed by atoms with van der Waals surface area (Å²) in [4.78, 5) is 4.22. The average molecular weight is 321 g/mol. The van der Waals surface area contributed by atoms with Gasteiger partial charge in [0.05, 0.1) is 9.50 Å². The summed E-state index contributed by atoms with van der Waals surface area (Å²) in [5.41, 5.74) is 6.14. The Morgan fingerprint density at radius 1 is 1.47 bits per heavy atom. The molecule has 3 nitrogen and oxygen atoms in total. The number of hydrogen-bond donors (Lipinski definition) is 2. The molecule has 1 aromatic rings. The van der Waals surface area contributed by atoms with E-state index < -0.39 is 0 Å². The van der Waals surface area contributed by atoms with Crippen LogP contribution in [0.2, 0.25) is 5.02 Å². The first-order valence-corrected chi connectivity index (χ1v) is 7.06. The van der Waals surface area contributed by atoms with Crippen molar-refractivity contribution in [2.45, 2.75) is 32.7 Å². The lowest BCUT2D eigenvalue weighted by atomic mass is 9.95. The van der Waals surface area contributed by atoms with Gasteiger partial charge < -0.3 is 11.1 Å². The lowest BCUT2D eigenvalue weighted by molar-refractivity contribution is 0.407. The Balaban J connectivity index is 2.55. The number of nitrogens with one attached hydrogen (secondary N) is 1. The van der Waals surface area contributed by atoms with Crippen molar-refractivity contribution in [3.63, 3.8) is 0 Å². The number of nitrogens with two attached hydrogens (primary N) is 1. The van der Waals surface area contributed by atoms with Gasteiger partial charge in [0.1, 0.15) is 5.82 Å². The third-order valence-electron chi connectivity index (χ3n) is 2.97. The standard InChI is InChI=1S/C12H19BrClN3/c1-3-8(4-2)11(15)7-17-12-10(13)5-9(14)6-16-12/h5-6,8,11H,3-4,7,15H2,1-2H3,(H,16,17). The van der Waals surface area contributed by atoms with Gasteiger partial charge in [-0.3, -0.25) is 0 Å². The second-order valence-electron chi connectivity index (χ2n) is 4.11. The third-order valence-corrected chi connectivity index (χ3v) is 3.78. The maximum atomic E-state index is 6.14. The second-order valence-corrected chi connectivity index (χ2v) is 5.40. The Morgan fingerprint density at radius 2 is 2.12 bits per heavy atom. The summed E-state index contributed by atoms with van der Waals surface area (Å²) in [5, 5.41) is 3.86. The Labute approximate surface area is 116 Å². The zero-order chi connectivity index (χ0) is 12.8. The smallest absolute Gasteiger partial charge is 0.140 e. The molecule has 0 fully saturated rings. The molecule has 0 amide bonds. The second kappa shape index (κ2) is 7.19. The maximum Gasteiger partial charge on any atom is 0.140 e. The summed E-state index contributed by atoms with van der Waals surface area (Å²) >= 11 is 9.25. The Kier molecular flexibility index (Phi) is 6.23. The molecule has 1 atom stereocenters. The van der Waals surface area contributed by atoms with Gasteiger partial charge in [0.2, 0.25) is 0 Å². The van der Waals surface area contributed by atoms with Crippen LogP contribution >= 0.6 is 27.5 Å². The lowest BCUT2D eigenvalue weighted by Gasteiger charge is -2.21. The van der Waals surface area contributed by atoms with Crippen molar-refractivity contribution in [2.24, 2.45) is 11.7 Å². The quantitative estimate of drug-likeness (QED) is 0.841. The fourth-order valence-electron chi connectivity index (χ4n) is 1.82. The van der Waals surface area contributed by atoms with Crippen LogP contribution in [0.25, 0.3) is 0 Å². The van der Waals surface area contributed by atoms with Gasteiger partial charge in [0.25, 0.3) is 0 Å². The molecule has 0 aliphatic rings. The fraction of sp³-hybridized carbons (Fsp3) is 0.583. The van der Waals surface area contributed by atoms with Crippen LogP contribution in [0.3, 0.4) is 0 Å². The van der Waals surface area contributed by atoms with Gasteiger partial charge in [-0.1, -0.05) is 38.3 Å². The number of rotatable bonds is 6. The van der Waals surface area contributed by atoms with Crippen molar-refractivity contribution in [1.29, 1.82) is 0 Å². The van der Waals surface area contributed by atoms with Gasteiger partial charge >= 0.3 is 0 Å². The van der Waals surface area contributed by atoms with Crippen molar-refractivity contribution < 1.29 is 0 Å². The van der Waals surface area contributed by atoms with Gasteiger partial charge in [-0.05, 0) is 27.9 Å². The molecular weight excluding hydrogens is 302 g/mol. The van der Waals surface area contributed by atoms with E-state index in [1.807, 2.05) is 6.07 Å². The highest BCUT2D eigenvalue weighted by Gasteiger charge is 2.14. The molecule has 0 spiro atoms. The van der Waals surface area contributed by atoms with Crippen LogP contribution in [-0.4, -0.2) is 17.6 Å². The molecule has 1 unspecified atom stereocenters. The van der Waals surface area contributed by atoms with Gasteiger partial charge in [-0.25, -0.2) is 4.98 Å². The molecular formula is C12H19BrClN3. The fourth-order valence-corrected chi connectivity index (χ4v) is 2.60. The van der Waals surface area contributed by atoms with Gasteiger partial charge in [0, 0.05) is 18.8 Å². The predicted octanol–water partition coefficient (Wildman–Crippen LogP) is 3.67. The molecule has 1 heterocycles. The van der Waals surface area contributed by atoms with E-state index in [0.717, 1.165) is 29.7 Å². The first-order valence-electron chi connectivity index (χ1n) is 5.88. The van der Waals surface area contributed by atoms with Crippen LogP contribution in [0.1, 0.15) is 26.7 Å². The molecule has 96 valence electrons. The van der Waals surface area contributed by atoms with E-state index in [1.165, 1.54) is 0 Å². The van der Waals surface area contributed by atoms with E-state index in [-0.39, 0.29) is 6.04 Å². The van der Waals surface area contributed by atoms with Gasteiger partial charge in [-0.15, -0.1) is 0 Å². The molecule has 0 aliphatic heterocycles. The van der Waals surface area contributed by atoms with Crippen LogP contribution in [0.5, 0.6) is 0 Å². The van der Waals surface area contributed by atoms with Crippen molar-refractivity contribution in [3.05, 3.63) is 21.8 Å². The van der Waals surface area contributed by atoms with Crippen LogP contribution < -0.4 is 11.1 Å². The number of nitrogens with zero attached hydrogens (tertiary/aromatic N) is 1. The molecule has 0 saturated carbocycles. The molecule has 0 aliphatic carbocycles. The molecule has 17 heavy (non-hydrogen) atoms. The predicted molar refractivity (Wildman–Crippen MR) is 77.5 cm³/mol. The van der Waals surface area contributed by atoms with E-state index in [0.29, 0.717) is 10.9 Å². The molecule has 0 radical (unpaired) electrons. The molecule has 0 bridgehead atoms. The van der Waals surface area contributed by atoms with E-state index >= 15 is 0 Å². The van der Waals surface area contributed by atoms with E-state index in [1.54, 1.807) is 6.20 Å². The summed E-state index contributed by atoms with van der Waals surface area (Å²) < 4.78 is 0.863. The Hall–Kier alpha value is -0.320. The highest BCUT2D eigenvalue weighted by Crippen LogP contribution is 2.23. The van der Waals surface area contributed by atoms with Crippen LogP contribution in [0.15, 0.2) is 16.7 Å².